The molecule has 3 rings (SSSR count). The van der Waals surface area contributed by atoms with E-state index in [1.54, 1.807) is 37.4 Å². The van der Waals surface area contributed by atoms with Crippen LogP contribution in [0.1, 0.15) is 49.6 Å². The molecule has 4 N–H and O–H groups in total. The molecule has 0 saturated carbocycles. The van der Waals surface area contributed by atoms with Gasteiger partial charge in [0.25, 0.3) is 0 Å². The predicted octanol–water partition coefficient (Wildman–Crippen LogP) is 4.43. The van der Waals surface area contributed by atoms with Crippen LogP contribution in [-0.2, 0) is 0 Å². The molecule has 0 aliphatic carbocycles. The highest BCUT2D eigenvalue weighted by molar-refractivity contribution is 7.10. The number of aliphatic hydroxyl groups is 1. The molecule has 0 radical (unpaired) electrons. The Balaban J connectivity index is 1.91. The smallest absolute Gasteiger partial charge is 0.178 e. The highest BCUT2D eigenvalue weighted by Crippen LogP contribution is 2.28. The predicted molar refractivity (Wildman–Crippen MR) is 113 cm³/mol. The molecule has 3 aromatic rings. The van der Waals surface area contributed by atoms with E-state index in [9.17, 15) is 5.11 Å². The third-order valence-electron chi connectivity index (χ3n) is 4.41. The molecule has 1 aromatic carbocycles. The van der Waals surface area contributed by atoms with Gasteiger partial charge in [-0.15, -0.1) is 11.3 Å². The summed E-state index contributed by atoms with van der Waals surface area (Å²) in [4.78, 5) is 9.65. The second-order valence-electron chi connectivity index (χ2n) is 6.64. The van der Waals surface area contributed by atoms with Gasteiger partial charge in [0, 0.05) is 33.3 Å². The minimum absolute atomic E-state index is 0.0759. The molecule has 2 aromatic heterocycles. The monoisotopic (exact) mass is 396 g/mol. The van der Waals surface area contributed by atoms with E-state index in [-0.39, 0.29) is 17.6 Å². The maximum Gasteiger partial charge on any atom is 0.178 e. The minimum atomic E-state index is -0.522. The Morgan fingerprint density at radius 3 is 2.75 bits per heavy atom. The van der Waals surface area contributed by atoms with Gasteiger partial charge in [0.15, 0.2) is 5.82 Å². The molecule has 0 bridgehead atoms. The summed E-state index contributed by atoms with van der Waals surface area (Å²) >= 11 is 1.47. The number of hydrogen-bond donors (Lipinski definition) is 3. The Kier molecular flexibility index (Phi) is 6.06. The van der Waals surface area contributed by atoms with Crippen LogP contribution >= 0.6 is 11.3 Å². The largest absolute Gasteiger partial charge is 0.491 e. The summed E-state index contributed by atoms with van der Waals surface area (Å²) < 4.78 is 5.85. The molecule has 7 heteroatoms. The first-order chi connectivity index (χ1) is 13.4. The van der Waals surface area contributed by atoms with Crippen LogP contribution in [0.25, 0.3) is 11.3 Å². The summed E-state index contributed by atoms with van der Waals surface area (Å²) in [5.74, 6) is 0.952. The minimum Gasteiger partial charge on any atom is -0.491 e. The lowest BCUT2D eigenvalue weighted by molar-refractivity contribution is 0.203. The quantitative estimate of drug-likeness (QED) is 0.405. The molecule has 2 unspecified atom stereocenters. The molecule has 2 atom stereocenters. The second kappa shape index (κ2) is 8.50. The zero-order valence-electron chi connectivity index (χ0n) is 16.1. The maximum absolute atomic E-state index is 9.73. The number of hydrogen-bond acceptors (Lipinski definition) is 7. The van der Waals surface area contributed by atoms with Crippen LogP contribution in [0.4, 0.5) is 5.69 Å². The van der Waals surface area contributed by atoms with Gasteiger partial charge in [-0.1, -0.05) is 6.92 Å². The molecule has 28 heavy (non-hydrogen) atoms. The number of ether oxygens (including phenoxy) is 1. The van der Waals surface area contributed by atoms with E-state index in [2.05, 4.69) is 16.9 Å². The van der Waals surface area contributed by atoms with Gasteiger partial charge < -0.3 is 15.6 Å². The third-order valence-corrected chi connectivity index (χ3v) is 5.52. The van der Waals surface area contributed by atoms with E-state index in [0.717, 1.165) is 16.9 Å². The topological polar surface area (TPSA) is 105 Å². The van der Waals surface area contributed by atoms with Gasteiger partial charge in [-0.3, -0.25) is 5.41 Å². The fraction of sp³-hybridized carbons (Fsp3) is 0.286. The van der Waals surface area contributed by atoms with Gasteiger partial charge in [0.2, 0.25) is 0 Å². The van der Waals surface area contributed by atoms with Crippen LogP contribution in [0.3, 0.4) is 0 Å². The fourth-order valence-corrected chi connectivity index (χ4v) is 3.45. The summed E-state index contributed by atoms with van der Waals surface area (Å²) in [5.41, 5.74) is 8.83. The average Bonchev–Trinajstić information content (AvgIpc) is 3.19. The molecule has 0 amide bonds. The van der Waals surface area contributed by atoms with Crippen molar-refractivity contribution in [2.24, 2.45) is 0 Å². The van der Waals surface area contributed by atoms with Crippen molar-refractivity contribution in [2.45, 2.75) is 39.4 Å². The Morgan fingerprint density at radius 2 is 2.07 bits per heavy atom. The first-order valence-electron chi connectivity index (χ1n) is 9.14. The maximum atomic E-state index is 9.73. The highest BCUT2D eigenvalue weighted by atomic mass is 32.1. The highest BCUT2D eigenvalue weighted by Gasteiger charge is 2.15. The summed E-state index contributed by atoms with van der Waals surface area (Å²) in [7, 11) is 0. The van der Waals surface area contributed by atoms with Gasteiger partial charge in [0.05, 0.1) is 17.9 Å². The van der Waals surface area contributed by atoms with Crippen molar-refractivity contribution in [1.29, 1.82) is 5.41 Å². The number of rotatable bonds is 7. The van der Waals surface area contributed by atoms with Crippen molar-refractivity contribution in [3.8, 4) is 17.0 Å². The molecule has 0 aliphatic heterocycles. The molecular weight excluding hydrogens is 372 g/mol. The zero-order valence-corrected chi connectivity index (χ0v) is 17.0. The Morgan fingerprint density at radius 1 is 1.29 bits per heavy atom. The summed E-state index contributed by atoms with van der Waals surface area (Å²) in [5, 5.41) is 20.2. The van der Waals surface area contributed by atoms with E-state index in [1.807, 2.05) is 18.4 Å². The first-order valence-corrected chi connectivity index (χ1v) is 10.0. The van der Waals surface area contributed by atoms with E-state index < -0.39 is 6.10 Å². The summed E-state index contributed by atoms with van der Waals surface area (Å²) in [6.45, 7) is 5.78. The number of aliphatic hydroxyl groups excluding tert-OH is 1. The Hall–Kier alpha value is -2.77. The van der Waals surface area contributed by atoms with Gasteiger partial charge in [-0.05, 0) is 50.6 Å². The lowest BCUT2D eigenvalue weighted by atomic mass is 10.1. The van der Waals surface area contributed by atoms with Crippen LogP contribution in [-0.4, -0.2) is 26.9 Å². The number of aromatic nitrogens is 2. The molecule has 0 spiro atoms. The van der Waals surface area contributed by atoms with E-state index in [4.69, 9.17) is 15.9 Å². The number of nitrogens with zero attached hydrogens (tertiary/aromatic N) is 2. The number of nitrogens with one attached hydrogen (secondary N) is 1. The number of benzene rings is 1. The van der Waals surface area contributed by atoms with Crippen LogP contribution < -0.4 is 10.5 Å². The molecular formula is C21H24N4O2S. The van der Waals surface area contributed by atoms with Crippen LogP contribution in [0.15, 0.2) is 41.9 Å². The van der Waals surface area contributed by atoms with E-state index in [0.29, 0.717) is 22.7 Å². The zero-order chi connectivity index (χ0) is 20.3. The van der Waals surface area contributed by atoms with Crippen molar-refractivity contribution in [1.82, 2.24) is 9.97 Å². The molecule has 0 aliphatic rings. The van der Waals surface area contributed by atoms with Crippen molar-refractivity contribution < 1.29 is 9.84 Å². The normalized spacial score (nSPS) is 13.1. The van der Waals surface area contributed by atoms with E-state index >= 15 is 0 Å². The van der Waals surface area contributed by atoms with Crippen molar-refractivity contribution >= 4 is 22.7 Å². The van der Waals surface area contributed by atoms with Gasteiger partial charge in [-0.25, -0.2) is 9.97 Å². The van der Waals surface area contributed by atoms with E-state index in [1.165, 1.54) is 11.3 Å². The molecule has 6 nitrogen and oxygen atoms in total. The Labute approximate surface area is 168 Å². The van der Waals surface area contributed by atoms with Crippen molar-refractivity contribution in [3.63, 3.8) is 0 Å². The lowest BCUT2D eigenvalue weighted by Crippen LogP contribution is -2.13. The Bertz CT molecular complexity index is 984. The summed E-state index contributed by atoms with van der Waals surface area (Å²) in [6.07, 6.45) is 2.07. The van der Waals surface area contributed by atoms with Gasteiger partial charge in [-0.2, -0.15) is 0 Å². The number of nitrogen functional groups attached to an aromatic ring is 1. The molecule has 2 heterocycles. The van der Waals surface area contributed by atoms with Crippen LogP contribution in [0, 0.1) is 5.41 Å². The second-order valence-corrected chi connectivity index (χ2v) is 7.58. The first kappa shape index (κ1) is 20.0. The number of nitrogens with two attached hydrogens (primary N) is 1. The SMILES string of the molecule is CCC(C)Oc1ccc(N)c(C(=N)c2nccc(-c3csc(C(C)O)c3)n2)c1. The molecule has 0 saturated heterocycles. The van der Waals surface area contributed by atoms with Crippen LogP contribution in [0.2, 0.25) is 0 Å². The fourth-order valence-electron chi connectivity index (χ4n) is 2.61. The molecule has 146 valence electrons. The standard InChI is InChI=1S/C21H24N4O2S/c1-4-12(2)27-15-5-6-17(22)16(10-15)20(23)21-24-8-7-18(25-21)14-9-19(13(3)26)28-11-14/h5-13,23,26H,4,22H2,1-3H3. The van der Waals surface area contributed by atoms with Crippen molar-refractivity contribution in [3.05, 3.63) is 58.2 Å². The van der Waals surface area contributed by atoms with Crippen molar-refractivity contribution in [2.75, 3.05) is 5.73 Å². The number of thiophene rings is 1. The average molecular weight is 397 g/mol. The van der Waals surface area contributed by atoms with Gasteiger partial charge in [0.1, 0.15) is 11.5 Å². The van der Waals surface area contributed by atoms with Crippen LogP contribution in [0.5, 0.6) is 5.75 Å². The van der Waals surface area contributed by atoms with Gasteiger partial charge >= 0.3 is 0 Å². The molecule has 0 fully saturated rings. The summed E-state index contributed by atoms with van der Waals surface area (Å²) in [6, 6.07) is 8.99. The number of anilines is 1. The lowest BCUT2D eigenvalue weighted by Gasteiger charge is -2.15. The third kappa shape index (κ3) is 4.37.